The number of carbonyl (C=O) groups excluding carboxylic acids is 2. The van der Waals surface area contributed by atoms with E-state index in [-0.39, 0.29) is 24.6 Å². The number of para-hydroxylation sites is 1. The van der Waals surface area contributed by atoms with Crippen LogP contribution in [0.2, 0.25) is 0 Å². The highest BCUT2D eigenvalue weighted by Crippen LogP contribution is 2.29. The van der Waals surface area contributed by atoms with E-state index in [2.05, 4.69) is 74.8 Å². The molecule has 8 heteroatoms. The Morgan fingerprint density at radius 1 is 0.719 bits per heavy atom. The fraction of sp³-hybridized carbons (Fsp3) is 0.510. The first kappa shape index (κ1) is 43.4. The van der Waals surface area contributed by atoms with Gasteiger partial charge in [0.1, 0.15) is 17.9 Å². The maximum atomic E-state index is 13.7. The second-order valence-corrected chi connectivity index (χ2v) is 16.8. The SMILES string of the molecule is CCCCCCCCCCCCCC(=O)N(Cc1ccc(Cn2c(CCCC)nc3c(C)nc4ccccc4c32)cc1)C(=O)OCc1ccc(NC(C)(C)C)cc1. The zero-order chi connectivity index (χ0) is 40.6. The average Bonchev–Trinajstić information content (AvgIpc) is 3.56. The van der Waals surface area contributed by atoms with Gasteiger partial charge in [-0.2, -0.15) is 0 Å². The molecule has 0 saturated heterocycles. The second kappa shape index (κ2) is 21.7. The number of carbonyl (C=O) groups is 2. The van der Waals surface area contributed by atoms with Crippen molar-refractivity contribution in [2.24, 2.45) is 0 Å². The van der Waals surface area contributed by atoms with Crippen molar-refractivity contribution in [1.29, 1.82) is 0 Å². The zero-order valence-electron chi connectivity index (χ0n) is 35.7. The molecular weight excluding hydrogens is 707 g/mol. The number of imide groups is 1. The van der Waals surface area contributed by atoms with Gasteiger partial charge in [-0.3, -0.25) is 9.78 Å². The van der Waals surface area contributed by atoms with Gasteiger partial charge in [0.25, 0.3) is 0 Å². The minimum absolute atomic E-state index is 0.0574. The van der Waals surface area contributed by atoms with Crippen LogP contribution in [0.25, 0.3) is 21.9 Å². The predicted molar refractivity (Wildman–Crippen MR) is 236 cm³/mol. The van der Waals surface area contributed by atoms with E-state index in [0.29, 0.717) is 13.0 Å². The quantitative estimate of drug-likeness (QED) is 0.0705. The molecule has 0 aliphatic rings. The number of rotatable bonds is 22. The van der Waals surface area contributed by atoms with Crippen molar-refractivity contribution in [3.05, 3.63) is 101 Å². The number of benzene rings is 3. The molecule has 8 nitrogen and oxygen atoms in total. The molecule has 2 aromatic heterocycles. The lowest BCUT2D eigenvalue weighted by molar-refractivity contribution is -0.130. The van der Waals surface area contributed by atoms with Crippen molar-refractivity contribution >= 4 is 39.6 Å². The first-order chi connectivity index (χ1) is 27.6. The Bertz CT molecular complexity index is 2010. The summed E-state index contributed by atoms with van der Waals surface area (Å²) in [7, 11) is 0. The van der Waals surface area contributed by atoms with E-state index < -0.39 is 6.09 Å². The van der Waals surface area contributed by atoms with E-state index in [0.717, 1.165) is 94.4 Å². The number of aromatic nitrogens is 3. The van der Waals surface area contributed by atoms with Gasteiger partial charge in [-0.25, -0.2) is 14.7 Å². The molecule has 0 bridgehead atoms. The number of imidazole rings is 1. The van der Waals surface area contributed by atoms with Crippen LogP contribution < -0.4 is 5.32 Å². The number of nitrogens with zero attached hydrogens (tertiary/aromatic N) is 4. The molecule has 0 atom stereocenters. The summed E-state index contributed by atoms with van der Waals surface area (Å²) >= 11 is 0. The number of hydrogen-bond acceptors (Lipinski definition) is 6. The molecule has 0 fully saturated rings. The van der Waals surface area contributed by atoms with Crippen LogP contribution >= 0.6 is 0 Å². The average molecular weight is 774 g/mol. The number of ether oxygens (including phenoxy) is 1. The summed E-state index contributed by atoms with van der Waals surface area (Å²) in [6.45, 7) is 13.8. The van der Waals surface area contributed by atoms with Crippen LogP contribution in [0.3, 0.4) is 0 Å². The Morgan fingerprint density at radius 3 is 1.96 bits per heavy atom. The largest absolute Gasteiger partial charge is 0.444 e. The molecule has 0 radical (unpaired) electrons. The summed E-state index contributed by atoms with van der Waals surface area (Å²) in [4.78, 5) is 38.6. The van der Waals surface area contributed by atoms with Crippen molar-refractivity contribution < 1.29 is 14.3 Å². The summed E-state index contributed by atoms with van der Waals surface area (Å²) in [5.74, 6) is 0.880. The summed E-state index contributed by atoms with van der Waals surface area (Å²) in [6.07, 6.45) is 16.0. The molecule has 57 heavy (non-hydrogen) atoms. The van der Waals surface area contributed by atoms with Crippen LogP contribution in [0.1, 0.15) is 153 Å². The van der Waals surface area contributed by atoms with Gasteiger partial charge in [0.05, 0.1) is 23.3 Å². The maximum absolute atomic E-state index is 13.7. The molecule has 0 saturated carbocycles. The lowest BCUT2D eigenvalue weighted by Gasteiger charge is -2.22. The molecule has 1 N–H and O–H groups in total. The highest BCUT2D eigenvalue weighted by atomic mass is 16.6. The van der Waals surface area contributed by atoms with Gasteiger partial charge in [0, 0.05) is 36.0 Å². The van der Waals surface area contributed by atoms with Crippen molar-refractivity contribution in [3.63, 3.8) is 0 Å². The van der Waals surface area contributed by atoms with E-state index in [1.807, 2.05) is 49.4 Å². The van der Waals surface area contributed by atoms with Gasteiger partial charge in [0.15, 0.2) is 0 Å². The number of pyridine rings is 1. The molecule has 5 rings (SSSR count). The van der Waals surface area contributed by atoms with Gasteiger partial charge in [-0.05, 0) is 75.4 Å². The number of nitrogens with one attached hydrogen (secondary N) is 1. The Morgan fingerprint density at radius 2 is 1.32 bits per heavy atom. The molecule has 0 aliphatic carbocycles. The van der Waals surface area contributed by atoms with Gasteiger partial charge in [-0.1, -0.05) is 139 Å². The number of amides is 2. The van der Waals surface area contributed by atoms with Gasteiger partial charge in [0.2, 0.25) is 5.91 Å². The van der Waals surface area contributed by atoms with Crippen molar-refractivity contribution in [1.82, 2.24) is 19.4 Å². The lowest BCUT2D eigenvalue weighted by atomic mass is 10.0. The standard InChI is InChI=1S/C49H67N5O3/c1-7-9-11-12-13-14-15-16-17-18-19-25-45(55)54(48(56)57-36-40-30-32-41(33-31-40)52-49(4,5)6)35-39-28-26-38(27-29-39)34-53-44(24-10-8-2)51-46-37(3)50-43-23-21-20-22-42(43)47(46)53/h20-23,26-33,52H,7-19,24-25,34-36H2,1-6H3. The molecule has 2 amide bonds. The van der Waals surface area contributed by atoms with Crippen molar-refractivity contribution in [3.8, 4) is 0 Å². The van der Waals surface area contributed by atoms with Crippen molar-refractivity contribution in [2.75, 3.05) is 5.32 Å². The summed E-state index contributed by atoms with van der Waals surface area (Å²) in [5, 5.41) is 4.56. The Hall–Kier alpha value is -4.72. The van der Waals surface area contributed by atoms with E-state index in [1.165, 1.54) is 56.3 Å². The number of hydrogen-bond donors (Lipinski definition) is 1. The minimum Gasteiger partial charge on any atom is -0.444 e. The highest BCUT2D eigenvalue weighted by molar-refractivity contribution is 6.03. The number of anilines is 1. The predicted octanol–water partition coefficient (Wildman–Crippen LogP) is 12.9. The van der Waals surface area contributed by atoms with E-state index in [9.17, 15) is 9.59 Å². The topological polar surface area (TPSA) is 89.4 Å². The summed E-state index contributed by atoms with van der Waals surface area (Å²) in [5.41, 5.74) is 7.81. The Kier molecular flexibility index (Phi) is 16.5. The zero-order valence-corrected chi connectivity index (χ0v) is 35.7. The first-order valence-corrected chi connectivity index (χ1v) is 21.7. The fourth-order valence-corrected chi connectivity index (χ4v) is 7.51. The maximum Gasteiger partial charge on any atom is 0.417 e. The molecule has 0 spiro atoms. The van der Waals surface area contributed by atoms with Crippen LogP contribution in [0.5, 0.6) is 0 Å². The minimum atomic E-state index is -0.606. The molecular formula is C49H67N5O3. The summed E-state index contributed by atoms with van der Waals surface area (Å²) < 4.78 is 8.14. The number of aryl methyl sites for hydroxylation is 2. The van der Waals surface area contributed by atoms with Gasteiger partial charge < -0.3 is 14.6 Å². The number of fused-ring (bicyclic) bond motifs is 3. The van der Waals surface area contributed by atoms with Gasteiger partial charge in [-0.15, -0.1) is 0 Å². The van der Waals surface area contributed by atoms with E-state index in [1.54, 1.807) is 0 Å². The molecule has 306 valence electrons. The van der Waals surface area contributed by atoms with Crippen LogP contribution in [0, 0.1) is 6.92 Å². The lowest BCUT2D eigenvalue weighted by Crippen LogP contribution is -2.36. The van der Waals surface area contributed by atoms with Gasteiger partial charge >= 0.3 is 6.09 Å². The molecule has 5 aromatic rings. The fourth-order valence-electron chi connectivity index (χ4n) is 7.51. The Labute approximate surface area is 341 Å². The Balaban J connectivity index is 1.26. The van der Waals surface area contributed by atoms with Crippen molar-refractivity contribution in [2.45, 2.75) is 163 Å². The second-order valence-electron chi connectivity index (χ2n) is 16.8. The van der Waals surface area contributed by atoms with Crippen LogP contribution in [-0.2, 0) is 35.6 Å². The third-order valence-corrected chi connectivity index (χ3v) is 10.6. The van der Waals surface area contributed by atoms with Crippen LogP contribution in [-0.4, -0.2) is 37.0 Å². The van der Waals surface area contributed by atoms with E-state index in [4.69, 9.17) is 14.7 Å². The van der Waals surface area contributed by atoms with Crippen LogP contribution in [0.4, 0.5) is 10.5 Å². The van der Waals surface area contributed by atoms with E-state index >= 15 is 0 Å². The monoisotopic (exact) mass is 774 g/mol. The smallest absolute Gasteiger partial charge is 0.417 e. The molecule has 2 heterocycles. The molecule has 3 aromatic carbocycles. The number of unbranched alkanes of at least 4 members (excludes halogenated alkanes) is 11. The summed E-state index contributed by atoms with van der Waals surface area (Å²) in [6, 6.07) is 24.4. The third kappa shape index (κ3) is 13.2. The molecule has 0 aliphatic heterocycles. The normalized spacial score (nSPS) is 11.7. The highest BCUT2D eigenvalue weighted by Gasteiger charge is 2.24. The van der Waals surface area contributed by atoms with Crippen LogP contribution in [0.15, 0.2) is 72.8 Å². The third-order valence-electron chi connectivity index (χ3n) is 10.6. The molecule has 0 unspecified atom stereocenters. The first-order valence-electron chi connectivity index (χ1n) is 21.7.